The van der Waals surface area contributed by atoms with Gasteiger partial charge in [-0.1, -0.05) is 12.1 Å². The Bertz CT molecular complexity index is 769. The van der Waals surface area contributed by atoms with E-state index in [0.717, 1.165) is 82.3 Å². The van der Waals surface area contributed by atoms with Gasteiger partial charge in [0.25, 0.3) is 0 Å². The molecule has 2 atom stereocenters. The molecule has 0 spiro atoms. The van der Waals surface area contributed by atoms with Crippen molar-refractivity contribution < 1.29 is 9.53 Å². The van der Waals surface area contributed by atoms with Crippen molar-refractivity contribution in [3.05, 3.63) is 24.3 Å². The number of amides is 1. The van der Waals surface area contributed by atoms with Gasteiger partial charge in [-0.2, -0.15) is 0 Å². The molecule has 0 radical (unpaired) electrons. The highest BCUT2D eigenvalue weighted by atomic mass is 16.5. The first-order chi connectivity index (χ1) is 15.5. The van der Waals surface area contributed by atoms with Crippen molar-refractivity contribution in [3.8, 4) is 5.75 Å². The molecule has 2 aliphatic heterocycles. The normalized spacial score (nSPS) is 21.6. The number of aliphatic imine (C=N–C) groups is 1. The summed E-state index contributed by atoms with van der Waals surface area (Å²) in [6.45, 7) is 7.51. The second kappa shape index (κ2) is 11.9. The van der Waals surface area contributed by atoms with E-state index in [4.69, 9.17) is 9.73 Å². The summed E-state index contributed by atoms with van der Waals surface area (Å²) in [7, 11) is 5.41. The first-order valence-electron chi connectivity index (χ1n) is 11.9. The van der Waals surface area contributed by atoms with Gasteiger partial charge >= 0.3 is 0 Å². The maximum atomic E-state index is 12.4. The average molecular weight is 445 g/mol. The summed E-state index contributed by atoms with van der Waals surface area (Å²) in [5.74, 6) is 2.02. The molecule has 1 aromatic carbocycles. The predicted molar refractivity (Wildman–Crippen MR) is 131 cm³/mol. The molecule has 2 saturated heterocycles. The van der Waals surface area contributed by atoms with Crippen LogP contribution in [0.15, 0.2) is 29.3 Å². The number of anilines is 1. The number of methoxy groups -OCH3 is 1. The molecule has 2 fully saturated rings. The van der Waals surface area contributed by atoms with Crippen LogP contribution in [-0.2, 0) is 4.79 Å². The fourth-order valence-electron chi connectivity index (χ4n) is 4.64. The third kappa shape index (κ3) is 6.28. The number of nitrogens with one attached hydrogen (secondary N) is 2. The summed E-state index contributed by atoms with van der Waals surface area (Å²) in [6, 6.07) is 8.58. The number of hydrogen-bond donors (Lipinski definition) is 2. The van der Waals surface area contributed by atoms with Gasteiger partial charge in [-0.15, -0.1) is 0 Å². The number of benzene rings is 1. The van der Waals surface area contributed by atoms with Crippen molar-refractivity contribution in [1.82, 2.24) is 20.4 Å². The zero-order valence-corrected chi connectivity index (χ0v) is 20.1. The SMILES string of the molecule is CCNC(=NCCCN1CCCC1C(=O)N(C)C)NC1CCN(c2ccccc2OC)C1. The Morgan fingerprint density at radius 3 is 2.81 bits per heavy atom. The van der Waals surface area contributed by atoms with Crippen molar-refractivity contribution in [1.29, 1.82) is 0 Å². The van der Waals surface area contributed by atoms with Gasteiger partial charge in [-0.25, -0.2) is 0 Å². The Kier molecular flexibility index (Phi) is 9.02. The van der Waals surface area contributed by atoms with E-state index in [0.29, 0.717) is 6.04 Å². The Labute approximate surface area is 193 Å². The first-order valence-corrected chi connectivity index (χ1v) is 11.9. The Morgan fingerprint density at radius 1 is 1.25 bits per heavy atom. The quantitative estimate of drug-likeness (QED) is 0.344. The lowest BCUT2D eigenvalue weighted by atomic mass is 10.2. The van der Waals surface area contributed by atoms with Crippen LogP contribution in [0.5, 0.6) is 5.75 Å². The van der Waals surface area contributed by atoms with Gasteiger partial charge < -0.3 is 25.2 Å². The van der Waals surface area contributed by atoms with Gasteiger partial charge in [0.1, 0.15) is 5.75 Å². The van der Waals surface area contributed by atoms with Gasteiger partial charge in [-0.3, -0.25) is 14.7 Å². The van der Waals surface area contributed by atoms with Crippen LogP contribution >= 0.6 is 0 Å². The summed E-state index contributed by atoms with van der Waals surface area (Å²) in [4.78, 5) is 23.6. The van der Waals surface area contributed by atoms with Crippen LogP contribution in [0.25, 0.3) is 0 Å². The maximum Gasteiger partial charge on any atom is 0.239 e. The van der Waals surface area contributed by atoms with Gasteiger partial charge in [0, 0.05) is 52.9 Å². The number of likely N-dealkylation sites (tertiary alicyclic amines) is 1. The standard InChI is InChI=1S/C24H40N6O2/c1-5-25-24(26-14-9-16-29-15-8-11-21(29)23(31)28(2)3)27-19-13-17-30(18-19)20-10-6-7-12-22(20)32-4/h6-7,10,12,19,21H,5,8-9,11,13-18H2,1-4H3,(H2,25,26,27). The Hall–Kier alpha value is -2.48. The predicted octanol–water partition coefficient (Wildman–Crippen LogP) is 1.77. The van der Waals surface area contributed by atoms with Crippen LogP contribution in [0.3, 0.4) is 0 Å². The highest BCUT2D eigenvalue weighted by Crippen LogP contribution is 2.30. The Balaban J connectivity index is 1.48. The monoisotopic (exact) mass is 444 g/mol. The van der Waals surface area contributed by atoms with Crippen molar-refractivity contribution in [3.63, 3.8) is 0 Å². The number of para-hydroxylation sites is 2. The lowest BCUT2D eigenvalue weighted by molar-refractivity contribution is -0.133. The second-order valence-electron chi connectivity index (χ2n) is 8.79. The van der Waals surface area contributed by atoms with E-state index in [1.165, 1.54) is 0 Å². The highest BCUT2D eigenvalue weighted by Gasteiger charge is 2.31. The van der Waals surface area contributed by atoms with Crippen LogP contribution in [0.2, 0.25) is 0 Å². The number of ether oxygens (including phenoxy) is 1. The summed E-state index contributed by atoms with van der Waals surface area (Å²) in [5, 5.41) is 6.98. The number of nitrogens with zero attached hydrogens (tertiary/aromatic N) is 4. The molecule has 0 saturated carbocycles. The zero-order valence-electron chi connectivity index (χ0n) is 20.1. The Morgan fingerprint density at radius 2 is 2.06 bits per heavy atom. The van der Waals surface area contributed by atoms with Gasteiger partial charge in [0.15, 0.2) is 5.96 Å². The zero-order chi connectivity index (χ0) is 22.9. The molecule has 0 aromatic heterocycles. The van der Waals surface area contributed by atoms with Crippen LogP contribution in [-0.4, -0.2) is 94.2 Å². The molecule has 1 amide bonds. The molecular formula is C24H40N6O2. The molecule has 8 nitrogen and oxygen atoms in total. The molecule has 2 N–H and O–H groups in total. The molecule has 1 aromatic rings. The van der Waals surface area contributed by atoms with E-state index in [1.807, 2.05) is 26.2 Å². The van der Waals surface area contributed by atoms with E-state index in [9.17, 15) is 4.79 Å². The summed E-state index contributed by atoms with van der Waals surface area (Å²) in [6.07, 6.45) is 4.08. The minimum atomic E-state index is 0.0415. The largest absolute Gasteiger partial charge is 0.495 e. The maximum absolute atomic E-state index is 12.4. The number of rotatable bonds is 9. The molecule has 2 unspecified atom stereocenters. The minimum absolute atomic E-state index is 0.0415. The van der Waals surface area contributed by atoms with Crippen molar-refractivity contribution in [2.24, 2.45) is 4.99 Å². The third-order valence-electron chi connectivity index (χ3n) is 6.26. The molecule has 178 valence electrons. The van der Waals surface area contributed by atoms with E-state index in [1.54, 1.807) is 12.0 Å². The fourth-order valence-corrected chi connectivity index (χ4v) is 4.64. The van der Waals surface area contributed by atoms with Crippen LogP contribution in [0, 0.1) is 0 Å². The molecule has 2 heterocycles. The summed E-state index contributed by atoms with van der Waals surface area (Å²) in [5.41, 5.74) is 1.15. The molecule has 0 aliphatic carbocycles. The first kappa shape index (κ1) is 24.2. The number of hydrogen-bond acceptors (Lipinski definition) is 5. The van der Waals surface area contributed by atoms with Crippen LogP contribution in [0.4, 0.5) is 5.69 Å². The fraction of sp³-hybridized carbons (Fsp3) is 0.667. The second-order valence-corrected chi connectivity index (χ2v) is 8.79. The average Bonchev–Trinajstić information content (AvgIpc) is 3.45. The molecular weight excluding hydrogens is 404 g/mol. The van der Waals surface area contributed by atoms with E-state index >= 15 is 0 Å². The third-order valence-corrected chi connectivity index (χ3v) is 6.26. The van der Waals surface area contributed by atoms with Gasteiger partial charge in [0.05, 0.1) is 18.8 Å². The molecule has 0 bridgehead atoms. The van der Waals surface area contributed by atoms with E-state index < -0.39 is 0 Å². The topological polar surface area (TPSA) is 72.4 Å². The molecule has 8 heteroatoms. The smallest absolute Gasteiger partial charge is 0.239 e. The molecule has 3 rings (SSSR count). The van der Waals surface area contributed by atoms with Gasteiger partial charge in [-0.05, 0) is 51.3 Å². The van der Waals surface area contributed by atoms with Crippen molar-refractivity contribution >= 4 is 17.6 Å². The van der Waals surface area contributed by atoms with Gasteiger partial charge in [0.2, 0.25) is 5.91 Å². The summed E-state index contributed by atoms with van der Waals surface area (Å²) < 4.78 is 5.53. The number of guanidine groups is 1. The number of carbonyl (C=O) groups is 1. The highest BCUT2D eigenvalue weighted by molar-refractivity contribution is 5.81. The number of likely N-dealkylation sites (N-methyl/N-ethyl adjacent to an activating group) is 1. The van der Waals surface area contributed by atoms with E-state index in [2.05, 4.69) is 39.5 Å². The molecule has 2 aliphatic rings. The lowest BCUT2D eigenvalue weighted by Gasteiger charge is -2.25. The summed E-state index contributed by atoms with van der Waals surface area (Å²) >= 11 is 0. The van der Waals surface area contributed by atoms with E-state index in [-0.39, 0.29) is 11.9 Å². The molecule has 32 heavy (non-hydrogen) atoms. The van der Waals surface area contributed by atoms with Crippen molar-refractivity contribution in [2.45, 2.75) is 44.7 Å². The van der Waals surface area contributed by atoms with Crippen LogP contribution < -0.4 is 20.3 Å². The lowest BCUT2D eigenvalue weighted by Crippen LogP contribution is -2.45. The minimum Gasteiger partial charge on any atom is -0.495 e. The van der Waals surface area contributed by atoms with Crippen LogP contribution in [0.1, 0.15) is 32.6 Å². The van der Waals surface area contributed by atoms with Crippen molar-refractivity contribution in [2.75, 3.05) is 65.4 Å². The number of carbonyl (C=O) groups excluding carboxylic acids is 1.